The van der Waals surface area contributed by atoms with E-state index in [0.717, 1.165) is 38.4 Å². The van der Waals surface area contributed by atoms with E-state index in [1.807, 2.05) is 37.3 Å². The van der Waals surface area contributed by atoms with Gasteiger partial charge in [-0.2, -0.15) is 0 Å². The second-order valence-corrected chi connectivity index (χ2v) is 4.54. The van der Waals surface area contributed by atoms with Gasteiger partial charge in [0.15, 0.2) is 5.78 Å². The molecule has 3 nitrogen and oxygen atoms in total. The van der Waals surface area contributed by atoms with Gasteiger partial charge < -0.3 is 4.74 Å². The lowest BCUT2D eigenvalue weighted by molar-refractivity contribution is 0.0313. The van der Waals surface area contributed by atoms with Gasteiger partial charge in [0, 0.05) is 31.1 Å². The Balaban J connectivity index is 1.91. The van der Waals surface area contributed by atoms with Gasteiger partial charge in [0.1, 0.15) is 0 Å². The molecule has 0 N–H and O–H groups in total. The highest BCUT2D eigenvalue weighted by molar-refractivity contribution is 5.97. The van der Waals surface area contributed by atoms with Crippen LogP contribution in [0.1, 0.15) is 17.3 Å². The van der Waals surface area contributed by atoms with Crippen molar-refractivity contribution in [1.82, 2.24) is 4.90 Å². The number of hydrogen-bond donors (Lipinski definition) is 0. The molecule has 0 aliphatic carbocycles. The Morgan fingerprint density at radius 1 is 1.29 bits per heavy atom. The Bertz CT molecular complexity index is 358. The topological polar surface area (TPSA) is 29.5 Å². The summed E-state index contributed by atoms with van der Waals surface area (Å²) >= 11 is 0. The molecule has 1 saturated heterocycles. The minimum Gasteiger partial charge on any atom is -0.379 e. The second-order valence-electron chi connectivity index (χ2n) is 4.54. The summed E-state index contributed by atoms with van der Waals surface area (Å²) in [4.78, 5) is 14.5. The highest BCUT2D eigenvalue weighted by atomic mass is 16.5. The molecule has 3 heteroatoms. The summed E-state index contributed by atoms with van der Waals surface area (Å²) in [6.45, 7) is 6.28. The molecule has 17 heavy (non-hydrogen) atoms. The fourth-order valence-corrected chi connectivity index (χ4v) is 2.14. The molecule has 0 spiro atoms. The third-order valence-electron chi connectivity index (χ3n) is 3.14. The van der Waals surface area contributed by atoms with Crippen LogP contribution in [-0.2, 0) is 4.74 Å². The number of rotatable bonds is 4. The standard InChI is InChI=1S/C14H19NO2/c1-12(11-15-7-9-17-10-8-15)14(16)13-5-3-2-4-6-13/h2-6,12H,7-11H2,1H3/t12-/m0/s1. The molecule has 1 aliphatic heterocycles. The average Bonchev–Trinajstić information content (AvgIpc) is 2.40. The average molecular weight is 233 g/mol. The fraction of sp³-hybridized carbons (Fsp3) is 0.500. The first kappa shape index (κ1) is 12.3. The van der Waals surface area contributed by atoms with E-state index in [4.69, 9.17) is 4.74 Å². The molecular formula is C14H19NO2. The van der Waals surface area contributed by atoms with Crippen LogP contribution in [0.4, 0.5) is 0 Å². The van der Waals surface area contributed by atoms with Crippen molar-refractivity contribution < 1.29 is 9.53 Å². The number of nitrogens with zero attached hydrogens (tertiary/aromatic N) is 1. The van der Waals surface area contributed by atoms with E-state index in [0.29, 0.717) is 0 Å². The van der Waals surface area contributed by atoms with E-state index >= 15 is 0 Å². The molecule has 1 heterocycles. The van der Waals surface area contributed by atoms with Crippen LogP contribution in [0, 0.1) is 5.92 Å². The summed E-state index contributed by atoms with van der Waals surface area (Å²) in [7, 11) is 0. The van der Waals surface area contributed by atoms with Crippen molar-refractivity contribution in [2.24, 2.45) is 5.92 Å². The molecule has 1 fully saturated rings. The van der Waals surface area contributed by atoms with Crippen LogP contribution in [0.15, 0.2) is 30.3 Å². The lowest BCUT2D eigenvalue weighted by Gasteiger charge is -2.28. The maximum Gasteiger partial charge on any atom is 0.166 e. The van der Waals surface area contributed by atoms with Crippen LogP contribution < -0.4 is 0 Å². The minimum atomic E-state index is 0.0514. The Hall–Kier alpha value is -1.19. The van der Waals surface area contributed by atoms with Gasteiger partial charge in [-0.1, -0.05) is 37.3 Å². The lowest BCUT2D eigenvalue weighted by Crippen LogP contribution is -2.40. The number of morpholine rings is 1. The van der Waals surface area contributed by atoms with Crippen LogP contribution in [0.25, 0.3) is 0 Å². The molecule has 1 aromatic carbocycles. The number of hydrogen-bond acceptors (Lipinski definition) is 3. The number of Topliss-reactive ketones (excluding diaryl/α,β-unsaturated/α-hetero) is 1. The maximum absolute atomic E-state index is 12.2. The Morgan fingerprint density at radius 2 is 1.94 bits per heavy atom. The van der Waals surface area contributed by atoms with Crippen LogP contribution in [0.5, 0.6) is 0 Å². The molecule has 0 amide bonds. The van der Waals surface area contributed by atoms with Crippen molar-refractivity contribution in [3.05, 3.63) is 35.9 Å². The van der Waals surface area contributed by atoms with Crippen molar-refractivity contribution in [1.29, 1.82) is 0 Å². The summed E-state index contributed by atoms with van der Waals surface area (Å²) in [6.07, 6.45) is 0. The molecule has 0 bridgehead atoms. The second kappa shape index (κ2) is 5.94. The minimum absolute atomic E-state index is 0.0514. The highest BCUT2D eigenvalue weighted by Crippen LogP contribution is 2.11. The quantitative estimate of drug-likeness (QED) is 0.743. The van der Waals surface area contributed by atoms with Crippen LogP contribution in [0.2, 0.25) is 0 Å². The summed E-state index contributed by atoms with van der Waals surface area (Å²) in [5.41, 5.74) is 0.813. The van der Waals surface area contributed by atoms with E-state index in [-0.39, 0.29) is 11.7 Å². The monoisotopic (exact) mass is 233 g/mol. The van der Waals surface area contributed by atoms with Crippen LogP contribution >= 0.6 is 0 Å². The number of carbonyl (C=O) groups excluding carboxylic acids is 1. The van der Waals surface area contributed by atoms with Crippen molar-refractivity contribution in [2.75, 3.05) is 32.8 Å². The summed E-state index contributed by atoms with van der Waals surface area (Å²) in [6, 6.07) is 9.53. The molecule has 0 aromatic heterocycles. The summed E-state index contributed by atoms with van der Waals surface area (Å²) in [5.74, 6) is 0.285. The predicted octanol–water partition coefficient (Wildman–Crippen LogP) is 1.84. The van der Waals surface area contributed by atoms with Gasteiger partial charge in [-0.25, -0.2) is 0 Å². The fourth-order valence-electron chi connectivity index (χ4n) is 2.14. The predicted molar refractivity (Wildman–Crippen MR) is 67.2 cm³/mol. The van der Waals surface area contributed by atoms with Gasteiger partial charge in [0.25, 0.3) is 0 Å². The Labute approximate surface area is 102 Å². The number of ether oxygens (including phenoxy) is 1. The van der Waals surface area contributed by atoms with E-state index in [9.17, 15) is 4.79 Å². The van der Waals surface area contributed by atoms with Crippen LogP contribution in [0.3, 0.4) is 0 Å². The van der Waals surface area contributed by atoms with E-state index < -0.39 is 0 Å². The molecule has 2 rings (SSSR count). The molecule has 92 valence electrons. The third kappa shape index (κ3) is 3.38. The van der Waals surface area contributed by atoms with Gasteiger partial charge in [-0.05, 0) is 0 Å². The highest BCUT2D eigenvalue weighted by Gasteiger charge is 2.19. The largest absolute Gasteiger partial charge is 0.379 e. The molecule has 1 atom stereocenters. The zero-order valence-electron chi connectivity index (χ0n) is 10.3. The Morgan fingerprint density at radius 3 is 2.59 bits per heavy atom. The summed E-state index contributed by atoms with van der Waals surface area (Å²) < 4.78 is 5.30. The van der Waals surface area contributed by atoms with Crippen molar-refractivity contribution in [2.45, 2.75) is 6.92 Å². The van der Waals surface area contributed by atoms with Gasteiger partial charge in [-0.3, -0.25) is 9.69 Å². The first-order valence-corrected chi connectivity index (χ1v) is 6.17. The van der Waals surface area contributed by atoms with Crippen molar-refractivity contribution >= 4 is 5.78 Å². The van der Waals surface area contributed by atoms with Crippen molar-refractivity contribution in [3.63, 3.8) is 0 Å². The SMILES string of the molecule is C[C@@H](CN1CCOCC1)C(=O)c1ccccc1. The normalized spacial score (nSPS) is 18.9. The van der Waals surface area contributed by atoms with Gasteiger partial charge in [0.2, 0.25) is 0 Å². The van der Waals surface area contributed by atoms with E-state index in [2.05, 4.69) is 4.90 Å². The van der Waals surface area contributed by atoms with E-state index in [1.165, 1.54) is 0 Å². The molecule has 1 aromatic rings. The molecule has 0 radical (unpaired) electrons. The van der Waals surface area contributed by atoms with Gasteiger partial charge >= 0.3 is 0 Å². The smallest absolute Gasteiger partial charge is 0.166 e. The lowest BCUT2D eigenvalue weighted by atomic mass is 9.99. The third-order valence-corrected chi connectivity index (χ3v) is 3.14. The zero-order valence-corrected chi connectivity index (χ0v) is 10.3. The first-order valence-electron chi connectivity index (χ1n) is 6.17. The Kier molecular flexibility index (Phi) is 4.29. The van der Waals surface area contributed by atoms with Gasteiger partial charge in [0.05, 0.1) is 13.2 Å². The van der Waals surface area contributed by atoms with Crippen LogP contribution in [-0.4, -0.2) is 43.5 Å². The van der Waals surface area contributed by atoms with Crippen molar-refractivity contribution in [3.8, 4) is 0 Å². The van der Waals surface area contributed by atoms with Gasteiger partial charge in [-0.15, -0.1) is 0 Å². The number of benzene rings is 1. The maximum atomic E-state index is 12.2. The first-order chi connectivity index (χ1) is 8.27. The number of carbonyl (C=O) groups is 1. The molecule has 0 unspecified atom stereocenters. The summed E-state index contributed by atoms with van der Waals surface area (Å²) in [5, 5.41) is 0. The molecular weight excluding hydrogens is 214 g/mol. The molecule has 0 saturated carbocycles. The molecule has 1 aliphatic rings. The zero-order chi connectivity index (χ0) is 12.1. The van der Waals surface area contributed by atoms with E-state index in [1.54, 1.807) is 0 Å². The number of ketones is 1.